The number of fused-ring (bicyclic) bond motifs is 1. The van der Waals surface area contributed by atoms with Crippen molar-refractivity contribution in [2.24, 2.45) is 5.73 Å². The van der Waals surface area contributed by atoms with Gasteiger partial charge in [0.25, 0.3) is 0 Å². The Kier molecular flexibility index (Phi) is 3.40. The lowest BCUT2D eigenvalue weighted by molar-refractivity contribution is 0.100. The second-order valence-electron chi connectivity index (χ2n) is 5.00. The molecular formula is C16H16N2OS. The van der Waals surface area contributed by atoms with Crippen LogP contribution in [0.4, 0.5) is 5.69 Å². The number of hydrogen-bond acceptors (Lipinski definition) is 3. The summed E-state index contributed by atoms with van der Waals surface area (Å²) in [6.07, 6.45) is 3.61. The first-order chi connectivity index (χ1) is 9.63. The second-order valence-corrected chi connectivity index (χ2v) is 6.12. The lowest BCUT2D eigenvalue weighted by Crippen LogP contribution is -2.11. The highest BCUT2D eigenvalue weighted by atomic mass is 32.2. The Morgan fingerprint density at radius 3 is 2.60 bits per heavy atom. The van der Waals surface area contributed by atoms with Gasteiger partial charge in [-0.2, -0.15) is 0 Å². The average Bonchev–Trinajstić information content (AvgIpc) is 2.88. The monoisotopic (exact) mass is 284 g/mol. The van der Waals surface area contributed by atoms with E-state index < -0.39 is 5.91 Å². The molecule has 0 spiro atoms. The number of hydrogen-bond donors (Lipinski definition) is 2. The van der Waals surface area contributed by atoms with E-state index in [1.165, 1.54) is 35.3 Å². The molecule has 0 bridgehead atoms. The van der Waals surface area contributed by atoms with Crippen LogP contribution in [0.1, 0.15) is 27.9 Å². The standard InChI is InChI=1S/C16H16N2OS/c17-14-9-12(16(18)19)5-7-15(14)20-13-6-4-10-2-1-3-11(10)8-13/h4-9H,1-3,17H2,(H2,18,19). The fourth-order valence-electron chi connectivity index (χ4n) is 2.53. The molecule has 2 aromatic rings. The van der Waals surface area contributed by atoms with Crippen LogP contribution in [-0.4, -0.2) is 5.91 Å². The fourth-order valence-corrected chi connectivity index (χ4v) is 3.44. The van der Waals surface area contributed by atoms with Gasteiger partial charge in [0.1, 0.15) is 0 Å². The number of carbonyl (C=O) groups excluding carboxylic acids is 1. The molecular weight excluding hydrogens is 268 g/mol. The first-order valence-corrected chi connectivity index (χ1v) is 7.44. The quantitative estimate of drug-likeness (QED) is 0.851. The predicted octanol–water partition coefficient (Wildman–Crippen LogP) is 3.01. The number of amides is 1. The molecule has 0 aromatic heterocycles. The van der Waals surface area contributed by atoms with Crippen molar-refractivity contribution in [1.82, 2.24) is 0 Å². The van der Waals surface area contributed by atoms with Gasteiger partial charge in [0.15, 0.2) is 0 Å². The molecule has 0 unspecified atom stereocenters. The zero-order chi connectivity index (χ0) is 14.1. The van der Waals surface area contributed by atoms with Crippen molar-refractivity contribution < 1.29 is 4.79 Å². The van der Waals surface area contributed by atoms with E-state index >= 15 is 0 Å². The molecule has 0 saturated heterocycles. The summed E-state index contributed by atoms with van der Waals surface area (Å²) in [7, 11) is 0. The van der Waals surface area contributed by atoms with Crippen LogP contribution in [0.2, 0.25) is 0 Å². The fraction of sp³-hybridized carbons (Fsp3) is 0.188. The third kappa shape index (κ3) is 2.51. The normalized spacial score (nSPS) is 13.2. The van der Waals surface area contributed by atoms with Crippen LogP contribution < -0.4 is 11.5 Å². The van der Waals surface area contributed by atoms with Gasteiger partial charge in [0, 0.05) is 21.0 Å². The Morgan fingerprint density at radius 1 is 1.05 bits per heavy atom. The highest BCUT2D eigenvalue weighted by Gasteiger charge is 2.12. The number of nitrogens with two attached hydrogens (primary N) is 2. The van der Waals surface area contributed by atoms with E-state index in [2.05, 4.69) is 18.2 Å². The summed E-state index contributed by atoms with van der Waals surface area (Å²) in [6.45, 7) is 0. The van der Waals surface area contributed by atoms with E-state index in [4.69, 9.17) is 11.5 Å². The predicted molar refractivity (Wildman–Crippen MR) is 82.0 cm³/mol. The molecule has 0 aliphatic heterocycles. The largest absolute Gasteiger partial charge is 0.398 e. The third-order valence-electron chi connectivity index (χ3n) is 3.59. The van der Waals surface area contributed by atoms with Crippen LogP contribution >= 0.6 is 11.8 Å². The van der Waals surface area contributed by atoms with Crippen LogP contribution in [0.3, 0.4) is 0 Å². The van der Waals surface area contributed by atoms with Crippen LogP contribution in [0.15, 0.2) is 46.2 Å². The number of primary amides is 1. The summed E-state index contributed by atoms with van der Waals surface area (Å²) in [5.41, 5.74) is 15.2. The van der Waals surface area contributed by atoms with Gasteiger partial charge in [-0.25, -0.2) is 0 Å². The van der Waals surface area contributed by atoms with Crippen molar-refractivity contribution in [3.8, 4) is 0 Å². The van der Waals surface area contributed by atoms with E-state index in [9.17, 15) is 4.79 Å². The highest BCUT2D eigenvalue weighted by Crippen LogP contribution is 2.35. The summed E-state index contributed by atoms with van der Waals surface area (Å²) in [5, 5.41) is 0. The summed E-state index contributed by atoms with van der Waals surface area (Å²) in [5.74, 6) is -0.453. The molecule has 1 aliphatic carbocycles. The van der Waals surface area contributed by atoms with E-state index in [1.54, 1.807) is 23.9 Å². The molecule has 4 N–H and O–H groups in total. The lowest BCUT2D eigenvalue weighted by atomic mass is 10.1. The maximum absolute atomic E-state index is 11.1. The zero-order valence-electron chi connectivity index (χ0n) is 11.1. The van der Waals surface area contributed by atoms with Gasteiger partial charge in [0.05, 0.1) is 0 Å². The summed E-state index contributed by atoms with van der Waals surface area (Å²) < 4.78 is 0. The third-order valence-corrected chi connectivity index (χ3v) is 4.67. The number of benzene rings is 2. The Hall–Kier alpha value is -1.94. The van der Waals surface area contributed by atoms with Crippen LogP contribution in [0, 0.1) is 0 Å². The molecule has 3 nitrogen and oxygen atoms in total. The first-order valence-electron chi connectivity index (χ1n) is 6.62. The molecule has 0 atom stereocenters. The SMILES string of the molecule is NC(=O)c1ccc(Sc2ccc3c(c2)CCC3)c(N)c1. The van der Waals surface area contributed by atoms with Crippen molar-refractivity contribution in [1.29, 1.82) is 0 Å². The van der Waals surface area contributed by atoms with Crippen molar-refractivity contribution in [2.75, 3.05) is 5.73 Å². The molecule has 0 radical (unpaired) electrons. The second kappa shape index (κ2) is 5.21. The molecule has 20 heavy (non-hydrogen) atoms. The topological polar surface area (TPSA) is 69.1 Å². The van der Waals surface area contributed by atoms with Gasteiger partial charge in [-0.05, 0) is 60.7 Å². The van der Waals surface area contributed by atoms with E-state index in [1.807, 2.05) is 6.07 Å². The number of aryl methyl sites for hydroxylation is 2. The highest BCUT2D eigenvalue weighted by molar-refractivity contribution is 7.99. The Labute approximate surface area is 122 Å². The van der Waals surface area contributed by atoms with Crippen molar-refractivity contribution in [2.45, 2.75) is 29.1 Å². The van der Waals surface area contributed by atoms with Crippen molar-refractivity contribution in [3.05, 3.63) is 53.1 Å². The van der Waals surface area contributed by atoms with Gasteiger partial charge in [0.2, 0.25) is 5.91 Å². The summed E-state index contributed by atoms with van der Waals surface area (Å²) in [4.78, 5) is 13.2. The van der Waals surface area contributed by atoms with Gasteiger partial charge >= 0.3 is 0 Å². The molecule has 0 fully saturated rings. The van der Waals surface area contributed by atoms with Crippen LogP contribution in [0.5, 0.6) is 0 Å². The van der Waals surface area contributed by atoms with Crippen LogP contribution in [0.25, 0.3) is 0 Å². The maximum Gasteiger partial charge on any atom is 0.248 e. The van der Waals surface area contributed by atoms with Gasteiger partial charge in [-0.1, -0.05) is 17.8 Å². The molecule has 2 aromatic carbocycles. The number of rotatable bonds is 3. The molecule has 0 heterocycles. The molecule has 4 heteroatoms. The smallest absolute Gasteiger partial charge is 0.248 e. The number of nitrogen functional groups attached to an aromatic ring is 1. The average molecular weight is 284 g/mol. The maximum atomic E-state index is 11.1. The minimum Gasteiger partial charge on any atom is -0.398 e. The van der Waals surface area contributed by atoms with E-state index in [0.29, 0.717) is 11.3 Å². The molecule has 102 valence electrons. The Balaban J connectivity index is 1.86. The van der Waals surface area contributed by atoms with E-state index in [0.717, 1.165) is 4.90 Å². The van der Waals surface area contributed by atoms with Crippen molar-refractivity contribution >= 4 is 23.4 Å². The molecule has 1 aliphatic rings. The lowest BCUT2D eigenvalue weighted by Gasteiger charge is -2.08. The van der Waals surface area contributed by atoms with Gasteiger partial charge in [-0.15, -0.1) is 0 Å². The molecule has 0 saturated carbocycles. The zero-order valence-corrected chi connectivity index (χ0v) is 11.9. The summed E-state index contributed by atoms with van der Waals surface area (Å²) in [6, 6.07) is 11.8. The summed E-state index contributed by atoms with van der Waals surface area (Å²) >= 11 is 1.62. The molecule has 1 amide bonds. The number of anilines is 1. The van der Waals surface area contributed by atoms with Gasteiger partial charge < -0.3 is 11.5 Å². The van der Waals surface area contributed by atoms with E-state index in [-0.39, 0.29) is 0 Å². The van der Waals surface area contributed by atoms with Crippen LogP contribution in [-0.2, 0) is 12.8 Å². The Morgan fingerprint density at radius 2 is 1.85 bits per heavy atom. The van der Waals surface area contributed by atoms with Crippen molar-refractivity contribution in [3.63, 3.8) is 0 Å². The number of carbonyl (C=O) groups is 1. The molecule has 3 rings (SSSR count). The van der Waals surface area contributed by atoms with Gasteiger partial charge in [-0.3, -0.25) is 4.79 Å². The first kappa shape index (κ1) is 13.1. The minimum atomic E-state index is -0.453. The Bertz CT molecular complexity index is 682. The minimum absolute atomic E-state index is 0.445.